The van der Waals surface area contributed by atoms with Gasteiger partial charge in [0, 0.05) is 5.69 Å². The second-order valence-corrected chi connectivity index (χ2v) is 7.70. The van der Waals surface area contributed by atoms with Gasteiger partial charge in [-0.05, 0) is 37.1 Å². The highest BCUT2D eigenvalue weighted by Gasteiger charge is 2.20. The maximum absolute atomic E-state index is 12.5. The number of carbonyl (C=O) groups is 1. The highest BCUT2D eigenvalue weighted by molar-refractivity contribution is 8.00. The summed E-state index contributed by atoms with van der Waals surface area (Å²) in [6, 6.07) is 7.95. The Bertz CT molecular complexity index is 675. The number of nitrogens with one attached hydrogen (secondary N) is 1. The Hall–Kier alpha value is -1.47. The normalized spacial score (nSPS) is 13.5. The molecule has 0 bridgehead atoms. The van der Waals surface area contributed by atoms with E-state index in [1.54, 1.807) is 11.8 Å². The van der Waals surface area contributed by atoms with Gasteiger partial charge in [0.25, 0.3) is 5.22 Å². The zero-order valence-electron chi connectivity index (χ0n) is 14.4. The number of hydrogen-bond donors (Lipinski definition) is 1. The fourth-order valence-corrected chi connectivity index (χ4v) is 3.23. The van der Waals surface area contributed by atoms with Crippen molar-refractivity contribution in [2.75, 3.05) is 11.6 Å². The van der Waals surface area contributed by atoms with Gasteiger partial charge in [0.05, 0.1) is 11.0 Å². The lowest BCUT2D eigenvalue weighted by atomic mass is 9.97. The predicted octanol–water partition coefficient (Wildman–Crippen LogP) is 4.57. The molecule has 0 saturated heterocycles. The van der Waals surface area contributed by atoms with Crippen LogP contribution in [0.5, 0.6) is 0 Å². The first kappa shape index (κ1) is 18.9. The van der Waals surface area contributed by atoms with E-state index in [2.05, 4.69) is 35.4 Å². The van der Waals surface area contributed by atoms with E-state index >= 15 is 0 Å². The van der Waals surface area contributed by atoms with E-state index in [1.165, 1.54) is 11.8 Å². The third kappa shape index (κ3) is 5.01. The summed E-state index contributed by atoms with van der Waals surface area (Å²) in [5.74, 6) is 1.59. The highest BCUT2D eigenvalue weighted by atomic mass is 32.2. The van der Waals surface area contributed by atoms with Crippen LogP contribution in [0.15, 0.2) is 33.9 Å². The molecule has 24 heavy (non-hydrogen) atoms. The van der Waals surface area contributed by atoms with Crippen LogP contribution in [0.25, 0.3) is 0 Å². The fraction of sp³-hybridized carbons (Fsp3) is 0.471. The summed E-state index contributed by atoms with van der Waals surface area (Å²) in [7, 11) is 0. The fourth-order valence-electron chi connectivity index (χ4n) is 2.17. The number of thioether (sulfide) groups is 2. The topological polar surface area (TPSA) is 68.0 Å². The zero-order valence-corrected chi connectivity index (χ0v) is 16.0. The molecule has 0 aliphatic heterocycles. The summed E-state index contributed by atoms with van der Waals surface area (Å²) >= 11 is 2.89. The molecule has 2 rings (SSSR count). The Morgan fingerprint density at radius 1 is 1.29 bits per heavy atom. The van der Waals surface area contributed by atoms with Gasteiger partial charge in [-0.3, -0.25) is 4.79 Å². The molecule has 5 nitrogen and oxygen atoms in total. The van der Waals surface area contributed by atoms with Crippen molar-refractivity contribution in [3.8, 4) is 0 Å². The molecule has 0 aliphatic rings. The Kier molecular flexibility index (Phi) is 7.17. The van der Waals surface area contributed by atoms with E-state index in [0.717, 1.165) is 17.7 Å². The molecule has 2 atom stereocenters. The van der Waals surface area contributed by atoms with Gasteiger partial charge in [0.15, 0.2) is 0 Å². The van der Waals surface area contributed by atoms with Gasteiger partial charge in [-0.1, -0.05) is 43.8 Å². The molecule has 0 aliphatic carbocycles. The molecule has 2 aromatic rings. The number of rotatable bonds is 8. The highest BCUT2D eigenvalue weighted by Crippen LogP contribution is 2.28. The summed E-state index contributed by atoms with van der Waals surface area (Å²) in [5.41, 5.74) is 2.03. The molecule has 0 radical (unpaired) electrons. The van der Waals surface area contributed by atoms with Gasteiger partial charge in [-0.2, -0.15) is 11.8 Å². The van der Waals surface area contributed by atoms with Gasteiger partial charge in [0.2, 0.25) is 11.8 Å². The maximum Gasteiger partial charge on any atom is 0.277 e. The third-order valence-electron chi connectivity index (χ3n) is 3.72. The Labute approximate surface area is 151 Å². The average molecular weight is 366 g/mol. The first-order valence-electron chi connectivity index (χ1n) is 7.92. The lowest BCUT2D eigenvalue weighted by Crippen LogP contribution is -2.23. The lowest BCUT2D eigenvalue weighted by Gasteiger charge is -2.17. The summed E-state index contributed by atoms with van der Waals surface area (Å²) in [6.07, 6.45) is 3.00. The van der Waals surface area contributed by atoms with Crippen LogP contribution in [-0.4, -0.2) is 27.6 Å². The van der Waals surface area contributed by atoms with Crippen molar-refractivity contribution in [2.24, 2.45) is 0 Å². The van der Waals surface area contributed by atoms with Crippen molar-refractivity contribution >= 4 is 35.1 Å². The van der Waals surface area contributed by atoms with Crippen molar-refractivity contribution in [3.63, 3.8) is 0 Å². The first-order valence-corrected chi connectivity index (χ1v) is 10.2. The van der Waals surface area contributed by atoms with Crippen molar-refractivity contribution < 1.29 is 9.21 Å². The molecule has 1 amide bonds. The standard InChI is InChI=1S/C17H23N3O2S2/c1-5-11(2)13-8-6-7-9-14(13)18-16(21)12(3)24-17-20-19-15(22-17)10-23-4/h6-9,11-12H,5,10H2,1-4H3,(H,18,21). The molecule has 0 saturated carbocycles. The van der Waals surface area contributed by atoms with Crippen molar-refractivity contribution in [2.45, 2.75) is 49.3 Å². The van der Waals surface area contributed by atoms with Crippen LogP contribution in [0.2, 0.25) is 0 Å². The van der Waals surface area contributed by atoms with Gasteiger partial charge in [-0.15, -0.1) is 10.2 Å². The van der Waals surface area contributed by atoms with E-state index in [0.29, 0.717) is 22.8 Å². The van der Waals surface area contributed by atoms with Gasteiger partial charge in [-0.25, -0.2) is 0 Å². The quantitative estimate of drug-likeness (QED) is 0.691. The number of aromatic nitrogens is 2. The molecular formula is C17H23N3O2S2. The molecule has 1 aromatic carbocycles. The van der Waals surface area contributed by atoms with E-state index in [-0.39, 0.29) is 11.2 Å². The minimum Gasteiger partial charge on any atom is -0.415 e. The van der Waals surface area contributed by atoms with E-state index < -0.39 is 0 Å². The average Bonchev–Trinajstić information content (AvgIpc) is 3.02. The molecule has 7 heteroatoms. The van der Waals surface area contributed by atoms with E-state index in [1.807, 2.05) is 31.4 Å². The number of nitrogens with zero attached hydrogens (tertiary/aromatic N) is 2. The zero-order chi connectivity index (χ0) is 17.5. The molecular weight excluding hydrogens is 342 g/mol. The van der Waals surface area contributed by atoms with Crippen LogP contribution in [0.4, 0.5) is 5.69 Å². The number of anilines is 1. The van der Waals surface area contributed by atoms with Crippen LogP contribution in [0.3, 0.4) is 0 Å². The molecule has 130 valence electrons. The van der Waals surface area contributed by atoms with Gasteiger partial charge in [0.1, 0.15) is 0 Å². The second kappa shape index (κ2) is 9.13. The number of para-hydroxylation sites is 1. The van der Waals surface area contributed by atoms with Crippen LogP contribution in [0, 0.1) is 0 Å². The number of hydrogen-bond acceptors (Lipinski definition) is 6. The molecule has 0 spiro atoms. The number of amides is 1. The maximum atomic E-state index is 12.5. The largest absolute Gasteiger partial charge is 0.415 e. The molecule has 1 N–H and O–H groups in total. The minimum absolute atomic E-state index is 0.0691. The number of carbonyl (C=O) groups excluding carboxylic acids is 1. The summed E-state index contributed by atoms with van der Waals surface area (Å²) in [5, 5.41) is 11.1. The van der Waals surface area contributed by atoms with Crippen LogP contribution in [-0.2, 0) is 10.5 Å². The van der Waals surface area contributed by atoms with Gasteiger partial charge >= 0.3 is 0 Å². The van der Waals surface area contributed by atoms with E-state index in [4.69, 9.17) is 4.42 Å². The molecule has 2 unspecified atom stereocenters. The summed E-state index contributed by atoms with van der Waals surface area (Å²) in [4.78, 5) is 12.5. The second-order valence-electron chi connectivity index (χ2n) is 5.54. The Balaban J connectivity index is 2.01. The van der Waals surface area contributed by atoms with Crippen LogP contribution in [0.1, 0.15) is 44.6 Å². The molecule has 0 fully saturated rings. The van der Waals surface area contributed by atoms with Crippen molar-refractivity contribution in [1.29, 1.82) is 0 Å². The Morgan fingerprint density at radius 3 is 2.75 bits per heavy atom. The Morgan fingerprint density at radius 2 is 2.04 bits per heavy atom. The third-order valence-corrected chi connectivity index (χ3v) is 5.19. The van der Waals surface area contributed by atoms with Crippen LogP contribution < -0.4 is 5.32 Å². The van der Waals surface area contributed by atoms with Crippen molar-refractivity contribution in [1.82, 2.24) is 10.2 Å². The predicted molar refractivity (Wildman–Crippen MR) is 101 cm³/mol. The van der Waals surface area contributed by atoms with Crippen molar-refractivity contribution in [3.05, 3.63) is 35.7 Å². The summed E-state index contributed by atoms with van der Waals surface area (Å²) < 4.78 is 5.51. The monoisotopic (exact) mass is 365 g/mol. The van der Waals surface area contributed by atoms with E-state index in [9.17, 15) is 4.79 Å². The number of benzene rings is 1. The van der Waals surface area contributed by atoms with Crippen LogP contribution >= 0.6 is 23.5 Å². The lowest BCUT2D eigenvalue weighted by molar-refractivity contribution is -0.115. The minimum atomic E-state index is -0.322. The SMILES string of the molecule is CCC(C)c1ccccc1NC(=O)C(C)Sc1nnc(CSC)o1. The first-order chi connectivity index (χ1) is 11.5. The summed E-state index contributed by atoms with van der Waals surface area (Å²) in [6.45, 7) is 6.14. The van der Waals surface area contributed by atoms with Gasteiger partial charge < -0.3 is 9.73 Å². The molecule has 1 heterocycles. The smallest absolute Gasteiger partial charge is 0.277 e. The molecule has 1 aromatic heterocycles.